The second-order valence-corrected chi connectivity index (χ2v) is 3.87. The minimum atomic E-state index is -0.642. The Labute approximate surface area is 99.5 Å². The number of rotatable bonds is 4. The average Bonchev–Trinajstić information content (AvgIpc) is 2.21. The van der Waals surface area contributed by atoms with E-state index < -0.39 is 5.83 Å². The first kappa shape index (κ1) is 14.2. The first-order valence-corrected chi connectivity index (χ1v) is 5.28. The summed E-state index contributed by atoms with van der Waals surface area (Å²) in [6, 6.07) is 1.82. The standard InChI is InChI=1S/C11H12Cl2FN/c1-3-4-5-10(13)9(7-15)6-11(14)8(2)12/h5-6H,3-4H2,1-2H3/b9-6-,10-5-,11-8-. The molecule has 0 heterocycles. The predicted octanol–water partition coefficient (Wildman–Crippen LogP) is 4.80. The zero-order chi connectivity index (χ0) is 11.8. The lowest BCUT2D eigenvalue weighted by molar-refractivity contribution is 0.661. The molecule has 0 aliphatic rings. The number of hydrogen-bond acceptors (Lipinski definition) is 1. The van der Waals surface area contributed by atoms with Crippen molar-refractivity contribution in [2.45, 2.75) is 26.7 Å². The van der Waals surface area contributed by atoms with Crippen molar-refractivity contribution in [2.75, 3.05) is 0 Å². The molecule has 0 atom stereocenters. The van der Waals surface area contributed by atoms with Crippen molar-refractivity contribution in [2.24, 2.45) is 0 Å². The van der Waals surface area contributed by atoms with Crippen LogP contribution in [0.15, 0.2) is 33.6 Å². The van der Waals surface area contributed by atoms with Gasteiger partial charge in [-0.1, -0.05) is 42.6 Å². The van der Waals surface area contributed by atoms with Crippen LogP contribution in [-0.4, -0.2) is 0 Å². The van der Waals surface area contributed by atoms with Crippen molar-refractivity contribution in [3.63, 3.8) is 0 Å². The molecule has 0 unspecified atom stereocenters. The van der Waals surface area contributed by atoms with Gasteiger partial charge in [0.2, 0.25) is 0 Å². The number of nitrogens with zero attached hydrogens (tertiary/aromatic N) is 1. The van der Waals surface area contributed by atoms with E-state index in [0.29, 0.717) is 0 Å². The molecule has 0 saturated carbocycles. The van der Waals surface area contributed by atoms with Crippen LogP contribution >= 0.6 is 23.2 Å². The average molecular weight is 248 g/mol. The molecule has 15 heavy (non-hydrogen) atoms. The van der Waals surface area contributed by atoms with Gasteiger partial charge in [0.15, 0.2) is 0 Å². The zero-order valence-electron chi connectivity index (χ0n) is 8.65. The van der Waals surface area contributed by atoms with Gasteiger partial charge in [0.05, 0.1) is 15.6 Å². The van der Waals surface area contributed by atoms with Crippen LogP contribution in [0.4, 0.5) is 4.39 Å². The highest BCUT2D eigenvalue weighted by Crippen LogP contribution is 2.20. The van der Waals surface area contributed by atoms with Crippen molar-refractivity contribution in [3.05, 3.63) is 33.6 Å². The molecule has 1 nitrogen and oxygen atoms in total. The van der Waals surface area contributed by atoms with E-state index in [2.05, 4.69) is 0 Å². The van der Waals surface area contributed by atoms with Gasteiger partial charge in [-0.25, -0.2) is 4.39 Å². The van der Waals surface area contributed by atoms with Crippen molar-refractivity contribution in [1.82, 2.24) is 0 Å². The first-order chi connectivity index (χ1) is 7.02. The topological polar surface area (TPSA) is 23.8 Å². The molecule has 0 rings (SSSR count). The van der Waals surface area contributed by atoms with Crippen LogP contribution in [0.1, 0.15) is 26.7 Å². The molecular formula is C11H12Cl2FN. The van der Waals surface area contributed by atoms with Gasteiger partial charge in [0.1, 0.15) is 11.9 Å². The maximum absolute atomic E-state index is 13.1. The highest BCUT2D eigenvalue weighted by Gasteiger charge is 2.03. The number of halogens is 3. The summed E-state index contributed by atoms with van der Waals surface area (Å²) in [5.41, 5.74) is 0.0858. The maximum Gasteiger partial charge on any atom is 0.138 e. The van der Waals surface area contributed by atoms with Crippen LogP contribution < -0.4 is 0 Å². The second-order valence-electron chi connectivity index (χ2n) is 2.89. The van der Waals surface area contributed by atoms with E-state index in [1.807, 2.05) is 13.0 Å². The molecule has 0 aliphatic carbocycles. The zero-order valence-corrected chi connectivity index (χ0v) is 10.2. The smallest absolute Gasteiger partial charge is 0.138 e. The van der Waals surface area contributed by atoms with E-state index in [-0.39, 0.29) is 15.6 Å². The van der Waals surface area contributed by atoms with E-state index in [9.17, 15) is 4.39 Å². The van der Waals surface area contributed by atoms with E-state index in [1.54, 1.807) is 6.08 Å². The molecule has 0 amide bonds. The Hall–Kier alpha value is -0.780. The van der Waals surface area contributed by atoms with Crippen molar-refractivity contribution in [3.8, 4) is 6.07 Å². The molecule has 4 heteroatoms. The van der Waals surface area contributed by atoms with Crippen molar-refractivity contribution < 1.29 is 4.39 Å². The van der Waals surface area contributed by atoms with Gasteiger partial charge in [-0.2, -0.15) is 5.26 Å². The fraction of sp³-hybridized carbons (Fsp3) is 0.364. The molecule has 0 aliphatic heterocycles. The third-order valence-electron chi connectivity index (χ3n) is 1.59. The lowest BCUT2D eigenvalue weighted by atomic mass is 10.2. The Kier molecular flexibility index (Phi) is 7.11. The van der Waals surface area contributed by atoms with Crippen LogP contribution in [-0.2, 0) is 0 Å². The summed E-state index contributed by atoms with van der Waals surface area (Å²) >= 11 is 11.2. The van der Waals surface area contributed by atoms with Crippen LogP contribution in [0, 0.1) is 11.3 Å². The summed E-state index contributed by atoms with van der Waals surface area (Å²) in [6.07, 6.45) is 4.40. The minimum absolute atomic E-state index is 0.00251. The SMILES string of the molecule is CCC/C=C(Cl)/C(C#N)=C\C(F)=C(/C)Cl. The van der Waals surface area contributed by atoms with Gasteiger partial charge in [0, 0.05) is 0 Å². The molecule has 0 aromatic rings. The van der Waals surface area contributed by atoms with E-state index in [1.165, 1.54) is 6.92 Å². The first-order valence-electron chi connectivity index (χ1n) is 4.52. The molecule has 0 spiro atoms. The second kappa shape index (κ2) is 7.50. The van der Waals surface area contributed by atoms with Crippen LogP contribution in [0.5, 0.6) is 0 Å². The van der Waals surface area contributed by atoms with E-state index in [4.69, 9.17) is 28.5 Å². The van der Waals surface area contributed by atoms with Crippen LogP contribution in [0.3, 0.4) is 0 Å². The summed E-state index contributed by atoms with van der Waals surface area (Å²) in [5, 5.41) is 9.01. The van der Waals surface area contributed by atoms with Gasteiger partial charge in [-0.15, -0.1) is 0 Å². The highest BCUT2D eigenvalue weighted by atomic mass is 35.5. The largest absolute Gasteiger partial charge is 0.206 e. The molecule has 0 radical (unpaired) electrons. The third kappa shape index (κ3) is 5.61. The molecule has 0 saturated heterocycles. The maximum atomic E-state index is 13.1. The van der Waals surface area contributed by atoms with Crippen molar-refractivity contribution in [1.29, 1.82) is 5.26 Å². The summed E-state index contributed by atoms with van der Waals surface area (Å²) < 4.78 is 13.1. The van der Waals surface area contributed by atoms with Crippen molar-refractivity contribution >= 4 is 23.2 Å². The monoisotopic (exact) mass is 247 g/mol. The van der Waals surface area contributed by atoms with Gasteiger partial charge in [-0.05, 0) is 19.4 Å². The highest BCUT2D eigenvalue weighted by molar-refractivity contribution is 6.32. The van der Waals surface area contributed by atoms with E-state index in [0.717, 1.165) is 18.9 Å². The van der Waals surface area contributed by atoms with E-state index >= 15 is 0 Å². The van der Waals surface area contributed by atoms with Crippen LogP contribution in [0.2, 0.25) is 0 Å². The predicted molar refractivity (Wildman–Crippen MR) is 62.2 cm³/mol. The Bertz CT molecular complexity index is 344. The Morgan fingerprint density at radius 1 is 1.47 bits per heavy atom. The third-order valence-corrected chi connectivity index (χ3v) is 2.13. The molecule has 0 N–H and O–H groups in total. The summed E-state index contributed by atoms with van der Waals surface area (Å²) in [5.74, 6) is -0.642. The van der Waals surface area contributed by atoms with Gasteiger partial charge >= 0.3 is 0 Å². The lowest BCUT2D eigenvalue weighted by Gasteiger charge is -1.96. The fourth-order valence-electron chi connectivity index (χ4n) is 0.762. The summed E-state index contributed by atoms with van der Waals surface area (Å²) in [6.45, 7) is 3.39. The molecule has 82 valence electrons. The van der Waals surface area contributed by atoms with Gasteiger partial charge in [-0.3, -0.25) is 0 Å². The van der Waals surface area contributed by atoms with Gasteiger partial charge in [0.25, 0.3) is 0 Å². The number of allylic oxidation sites excluding steroid dienone is 6. The number of unbranched alkanes of at least 4 members (excludes halogenated alkanes) is 1. The minimum Gasteiger partial charge on any atom is -0.206 e. The Morgan fingerprint density at radius 2 is 2.07 bits per heavy atom. The lowest BCUT2D eigenvalue weighted by Crippen LogP contribution is -1.81. The Balaban J connectivity index is 4.95. The number of nitriles is 1. The molecule has 0 bridgehead atoms. The Morgan fingerprint density at radius 3 is 2.47 bits per heavy atom. The summed E-state index contributed by atoms with van der Waals surface area (Å²) in [7, 11) is 0. The molecule has 0 aromatic carbocycles. The molecular weight excluding hydrogens is 236 g/mol. The summed E-state index contributed by atoms with van der Waals surface area (Å²) in [4.78, 5) is 0. The molecule has 0 fully saturated rings. The normalized spacial score (nSPS) is 14.7. The molecule has 0 aromatic heterocycles. The fourth-order valence-corrected chi connectivity index (χ4v) is 1.02. The quantitative estimate of drug-likeness (QED) is 0.517. The van der Waals surface area contributed by atoms with Gasteiger partial charge < -0.3 is 0 Å². The van der Waals surface area contributed by atoms with Crippen LogP contribution in [0.25, 0.3) is 0 Å². The number of hydrogen-bond donors (Lipinski definition) is 0.